The maximum Gasteiger partial charge on any atom is 0.338 e. The second-order valence-corrected chi connectivity index (χ2v) is 6.38. The van der Waals surface area contributed by atoms with Crippen LogP contribution in [-0.2, 0) is 19.5 Å². The molecule has 1 rings (SSSR count). The van der Waals surface area contributed by atoms with Gasteiger partial charge in [0.25, 0.3) is 0 Å². The second-order valence-electron chi connectivity index (χ2n) is 4.85. The zero-order valence-corrected chi connectivity index (χ0v) is 13.5. The minimum absolute atomic E-state index is 0.0717. The number of carbonyl (C=O) groups is 1. The fourth-order valence-corrected chi connectivity index (χ4v) is 2.71. The second kappa shape index (κ2) is 7.02. The highest BCUT2D eigenvalue weighted by Crippen LogP contribution is 2.20. The van der Waals surface area contributed by atoms with Gasteiger partial charge in [0.15, 0.2) is 0 Å². The molecule has 1 unspecified atom stereocenters. The van der Waals surface area contributed by atoms with Gasteiger partial charge >= 0.3 is 5.97 Å². The van der Waals surface area contributed by atoms with E-state index in [1.165, 1.54) is 6.07 Å². The molecule has 21 heavy (non-hydrogen) atoms. The van der Waals surface area contributed by atoms with Gasteiger partial charge in [-0.15, -0.1) is 0 Å². The zero-order valence-electron chi connectivity index (χ0n) is 12.7. The average molecular weight is 315 g/mol. The van der Waals surface area contributed by atoms with Crippen LogP contribution in [-0.4, -0.2) is 33.7 Å². The van der Waals surface area contributed by atoms with Crippen LogP contribution in [0.2, 0.25) is 0 Å². The Labute approximate surface area is 125 Å². The minimum Gasteiger partial charge on any atom is -0.457 e. The van der Waals surface area contributed by atoms with Gasteiger partial charge in [0, 0.05) is 6.61 Å². The largest absolute Gasteiger partial charge is 0.457 e. The summed E-state index contributed by atoms with van der Waals surface area (Å²) >= 11 is 0. The Hall–Kier alpha value is -1.44. The maximum atomic E-state index is 12.1. The number of ether oxygens (including phenoxy) is 2. The third-order valence-corrected chi connectivity index (χ3v) is 3.97. The number of hydrogen-bond donors (Lipinski definition) is 1. The van der Waals surface area contributed by atoms with Crippen LogP contribution in [0.1, 0.15) is 35.3 Å². The van der Waals surface area contributed by atoms with E-state index in [9.17, 15) is 13.2 Å². The standard InChI is InChI=1S/C14H21NO5S/c1-5-19-8-11(4)20-14(16)12-7-13(21(15,17)18)10(3)6-9(12)2/h6-7,11H,5,8H2,1-4H3,(H2,15,17,18). The van der Waals surface area contributed by atoms with Gasteiger partial charge in [0.1, 0.15) is 6.10 Å². The Morgan fingerprint density at radius 3 is 2.43 bits per heavy atom. The Kier molecular flexibility index (Phi) is 5.88. The van der Waals surface area contributed by atoms with E-state index < -0.39 is 22.1 Å². The molecule has 0 spiro atoms. The van der Waals surface area contributed by atoms with Crippen molar-refractivity contribution in [3.8, 4) is 0 Å². The summed E-state index contributed by atoms with van der Waals surface area (Å²) in [6.45, 7) is 7.70. The van der Waals surface area contributed by atoms with Crippen molar-refractivity contribution in [3.05, 3.63) is 28.8 Å². The highest BCUT2D eigenvalue weighted by molar-refractivity contribution is 7.89. The predicted octanol–water partition coefficient (Wildman–Crippen LogP) is 1.53. The van der Waals surface area contributed by atoms with Gasteiger partial charge in [0.2, 0.25) is 10.0 Å². The van der Waals surface area contributed by atoms with Crippen molar-refractivity contribution < 1.29 is 22.7 Å². The van der Waals surface area contributed by atoms with Gasteiger partial charge < -0.3 is 9.47 Å². The maximum absolute atomic E-state index is 12.1. The zero-order chi connectivity index (χ0) is 16.2. The van der Waals surface area contributed by atoms with Crippen molar-refractivity contribution in [2.75, 3.05) is 13.2 Å². The number of hydrogen-bond acceptors (Lipinski definition) is 5. The molecule has 2 N–H and O–H groups in total. The molecule has 1 aromatic carbocycles. The summed E-state index contributed by atoms with van der Waals surface area (Å²) in [5.41, 5.74) is 1.32. The number of aryl methyl sites for hydroxylation is 2. The summed E-state index contributed by atoms with van der Waals surface area (Å²) < 4.78 is 33.4. The van der Waals surface area contributed by atoms with Crippen molar-refractivity contribution >= 4 is 16.0 Å². The van der Waals surface area contributed by atoms with Crippen LogP contribution in [0, 0.1) is 13.8 Å². The lowest BCUT2D eigenvalue weighted by Gasteiger charge is -2.15. The molecule has 0 radical (unpaired) electrons. The first-order chi connectivity index (χ1) is 9.66. The fraction of sp³-hybridized carbons (Fsp3) is 0.500. The molecule has 0 fully saturated rings. The molecule has 7 heteroatoms. The Balaban J connectivity index is 3.05. The molecule has 0 heterocycles. The molecule has 6 nitrogen and oxygen atoms in total. The summed E-state index contributed by atoms with van der Waals surface area (Å²) in [6, 6.07) is 2.86. The number of benzene rings is 1. The van der Waals surface area contributed by atoms with Crippen LogP contribution in [0.5, 0.6) is 0 Å². The third-order valence-electron chi connectivity index (χ3n) is 2.91. The average Bonchev–Trinajstić information content (AvgIpc) is 2.34. The molecular weight excluding hydrogens is 294 g/mol. The van der Waals surface area contributed by atoms with E-state index in [0.717, 1.165) is 0 Å². The third kappa shape index (κ3) is 4.80. The highest BCUT2D eigenvalue weighted by Gasteiger charge is 2.20. The summed E-state index contributed by atoms with van der Waals surface area (Å²) in [5, 5.41) is 5.14. The van der Waals surface area contributed by atoms with E-state index in [4.69, 9.17) is 14.6 Å². The smallest absolute Gasteiger partial charge is 0.338 e. The Morgan fingerprint density at radius 2 is 1.90 bits per heavy atom. The molecule has 0 aliphatic rings. The lowest BCUT2D eigenvalue weighted by Crippen LogP contribution is -2.22. The summed E-state index contributed by atoms with van der Waals surface area (Å²) in [6.07, 6.45) is -0.420. The van der Waals surface area contributed by atoms with Crippen molar-refractivity contribution in [2.24, 2.45) is 5.14 Å². The summed E-state index contributed by atoms with van der Waals surface area (Å²) in [7, 11) is -3.88. The number of sulfonamides is 1. The molecule has 0 amide bonds. The fourth-order valence-electron chi connectivity index (χ4n) is 1.92. The van der Waals surface area contributed by atoms with E-state index in [0.29, 0.717) is 17.7 Å². The summed E-state index contributed by atoms with van der Waals surface area (Å²) in [4.78, 5) is 12.0. The van der Waals surface area contributed by atoms with Crippen molar-refractivity contribution in [1.82, 2.24) is 0 Å². The van der Waals surface area contributed by atoms with Crippen LogP contribution in [0.3, 0.4) is 0 Å². The van der Waals surface area contributed by atoms with Crippen LogP contribution in [0.4, 0.5) is 0 Å². The molecule has 0 aromatic heterocycles. The molecule has 0 bridgehead atoms. The molecule has 118 valence electrons. The van der Waals surface area contributed by atoms with Gasteiger partial charge in [-0.2, -0.15) is 0 Å². The van der Waals surface area contributed by atoms with E-state index in [1.54, 1.807) is 26.8 Å². The molecule has 0 aliphatic carbocycles. The lowest BCUT2D eigenvalue weighted by atomic mass is 10.1. The Bertz CT molecular complexity index is 624. The monoisotopic (exact) mass is 315 g/mol. The molecule has 0 saturated heterocycles. The normalized spacial score (nSPS) is 13.0. The van der Waals surface area contributed by atoms with Gasteiger partial charge in [-0.3, -0.25) is 0 Å². The van der Waals surface area contributed by atoms with E-state index >= 15 is 0 Å². The molecule has 0 aliphatic heterocycles. The first-order valence-electron chi connectivity index (χ1n) is 6.59. The first-order valence-corrected chi connectivity index (χ1v) is 8.14. The van der Waals surface area contributed by atoms with E-state index in [-0.39, 0.29) is 17.1 Å². The van der Waals surface area contributed by atoms with Crippen molar-refractivity contribution in [2.45, 2.75) is 38.7 Å². The predicted molar refractivity (Wildman–Crippen MR) is 78.7 cm³/mol. The molecule has 1 aromatic rings. The van der Waals surface area contributed by atoms with Gasteiger partial charge in [-0.1, -0.05) is 6.07 Å². The van der Waals surface area contributed by atoms with Gasteiger partial charge in [-0.25, -0.2) is 18.4 Å². The number of rotatable bonds is 6. The molecular formula is C14H21NO5S. The van der Waals surface area contributed by atoms with E-state index in [1.807, 2.05) is 6.92 Å². The topological polar surface area (TPSA) is 95.7 Å². The Morgan fingerprint density at radius 1 is 1.29 bits per heavy atom. The number of nitrogens with two attached hydrogens (primary N) is 1. The van der Waals surface area contributed by atoms with Crippen molar-refractivity contribution in [1.29, 1.82) is 0 Å². The molecule has 0 saturated carbocycles. The number of esters is 1. The van der Waals surface area contributed by atoms with Crippen LogP contribution < -0.4 is 5.14 Å². The van der Waals surface area contributed by atoms with Crippen LogP contribution in [0.25, 0.3) is 0 Å². The first kappa shape index (κ1) is 17.6. The summed E-state index contributed by atoms with van der Waals surface area (Å²) in [5.74, 6) is -0.593. The number of carbonyl (C=O) groups excluding carboxylic acids is 1. The quantitative estimate of drug-likeness (QED) is 0.803. The highest BCUT2D eigenvalue weighted by atomic mass is 32.2. The van der Waals surface area contributed by atoms with Crippen molar-refractivity contribution in [3.63, 3.8) is 0 Å². The lowest BCUT2D eigenvalue weighted by molar-refractivity contribution is 0.00431. The van der Waals surface area contributed by atoms with Gasteiger partial charge in [0.05, 0.1) is 17.1 Å². The van der Waals surface area contributed by atoms with Crippen LogP contribution in [0.15, 0.2) is 17.0 Å². The number of primary sulfonamides is 1. The minimum atomic E-state index is -3.88. The van der Waals surface area contributed by atoms with Gasteiger partial charge in [-0.05, 0) is 44.9 Å². The van der Waals surface area contributed by atoms with Crippen LogP contribution >= 0.6 is 0 Å². The van der Waals surface area contributed by atoms with E-state index in [2.05, 4.69) is 0 Å². The molecule has 1 atom stereocenters. The SMILES string of the molecule is CCOCC(C)OC(=O)c1cc(S(N)(=O)=O)c(C)cc1C.